The van der Waals surface area contributed by atoms with Crippen LogP contribution in [-0.2, 0) is 0 Å². The fourth-order valence-electron chi connectivity index (χ4n) is 0.888. The lowest BCUT2D eigenvalue weighted by Gasteiger charge is -2.11. The van der Waals surface area contributed by atoms with Crippen molar-refractivity contribution in [1.29, 1.82) is 0 Å². The van der Waals surface area contributed by atoms with Crippen molar-refractivity contribution in [2.45, 2.75) is 13.8 Å². The summed E-state index contributed by atoms with van der Waals surface area (Å²) in [5, 5.41) is 21.0. The van der Waals surface area contributed by atoms with E-state index in [2.05, 4.69) is 9.97 Å². The minimum atomic E-state index is -1.68. The Bertz CT molecular complexity index is 375. The van der Waals surface area contributed by atoms with Gasteiger partial charge in [0.1, 0.15) is 11.4 Å². The van der Waals surface area contributed by atoms with Gasteiger partial charge < -0.3 is 19.8 Å². The molecule has 0 atom stereocenters. The summed E-state index contributed by atoms with van der Waals surface area (Å²) in [7, 11) is 0. The van der Waals surface area contributed by atoms with Gasteiger partial charge in [0.15, 0.2) is 0 Å². The van der Waals surface area contributed by atoms with E-state index < -0.39 is 23.3 Å². The summed E-state index contributed by atoms with van der Waals surface area (Å²) >= 11 is 0. The molecule has 0 aliphatic carbocycles. The van der Waals surface area contributed by atoms with Crippen LogP contribution in [0.5, 0.6) is 0 Å². The quantitative estimate of drug-likeness (QED) is 0.529. The van der Waals surface area contributed by atoms with Gasteiger partial charge in [0, 0.05) is 0 Å². The van der Waals surface area contributed by atoms with E-state index in [-0.39, 0.29) is 0 Å². The van der Waals surface area contributed by atoms with Crippen LogP contribution in [0, 0.1) is 13.8 Å². The molecule has 6 nitrogen and oxygen atoms in total. The summed E-state index contributed by atoms with van der Waals surface area (Å²) in [5.41, 5.74) is -0.718. The SMILES string of the molecule is Cc1nc(C(=O)[O-])c(C(=O)[O-])nc1C. The Morgan fingerprint density at radius 2 is 1.21 bits per heavy atom. The third-order valence-electron chi connectivity index (χ3n) is 1.69. The molecule has 0 fully saturated rings. The average molecular weight is 194 g/mol. The molecule has 1 rings (SSSR count). The Labute approximate surface area is 79.2 Å². The van der Waals surface area contributed by atoms with Crippen LogP contribution in [0.25, 0.3) is 0 Å². The molecule has 0 N–H and O–H groups in total. The second-order valence-corrected chi connectivity index (χ2v) is 2.67. The maximum atomic E-state index is 10.5. The topological polar surface area (TPSA) is 106 Å². The zero-order chi connectivity index (χ0) is 10.9. The lowest BCUT2D eigenvalue weighted by molar-refractivity contribution is -0.260. The molecule has 1 aromatic rings. The van der Waals surface area contributed by atoms with Gasteiger partial charge >= 0.3 is 0 Å². The number of rotatable bonds is 2. The van der Waals surface area contributed by atoms with Crippen LogP contribution in [0.2, 0.25) is 0 Å². The predicted molar refractivity (Wildman–Crippen MR) is 40.2 cm³/mol. The highest BCUT2D eigenvalue weighted by molar-refractivity contribution is 5.96. The molecular weight excluding hydrogens is 188 g/mol. The number of carbonyl (C=O) groups excluding carboxylic acids is 2. The summed E-state index contributed by atoms with van der Waals surface area (Å²) in [6.45, 7) is 3.04. The van der Waals surface area contributed by atoms with Gasteiger partial charge in [0.2, 0.25) is 0 Å². The van der Waals surface area contributed by atoms with E-state index in [0.717, 1.165) is 0 Å². The maximum absolute atomic E-state index is 10.5. The van der Waals surface area contributed by atoms with Crippen LogP contribution in [0.4, 0.5) is 0 Å². The molecule has 0 aromatic carbocycles. The van der Waals surface area contributed by atoms with Crippen molar-refractivity contribution in [1.82, 2.24) is 9.97 Å². The zero-order valence-corrected chi connectivity index (χ0v) is 7.53. The van der Waals surface area contributed by atoms with Crippen LogP contribution in [0.15, 0.2) is 0 Å². The number of carbonyl (C=O) groups is 2. The highest BCUT2D eigenvalue weighted by Crippen LogP contribution is 2.06. The zero-order valence-electron chi connectivity index (χ0n) is 7.53. The lowest BCUT2D eigenvalue weighted by atomic mass is 10.2. The summed E-state index contributed by atoms with van der Waals surface area (Å²) in [6, 6.07) is 0. The van der Waals surface area contributed by atoms with Crippen LogP contribution >= 0.6 is 0 Å². The Kier molecular flexibility index (Phi) is 2.46. The fourth-order valence-corrected chi connectivity index (χ4v) is 0.888. The number of hydrogen-bond donors (Lipinski definition) is 0. The first-order valence-corrected chi connectivity index (χ1v) is 3.71. The Morgan fingerprint density at radius 3 is 1.43 bits per heavy atom. The molecule has 0 saturated heterocycles. The normalized spacial score (nSPS) is 9.86. The minimum absolute atomic E-state index is 0.342. The average Bonchev–Trinajstić information content (AvgIpc) is 2.08. The van der Waals surface area contributed by atoms with Gasteiger partial charge in [-0.25, -0.2) is 9.97 Å². The summed E-state index contributed by atoms with van der Waals surface area (Å²) in [6.07, 6.45) is 0. The third kappa shape index (κ3) is 1.68. The molecule has 0 bridgehead atoms. The van der Waals surface area contributed by atoms with Crippen LogP contribution in [-0.4, -0.2) is 21.9 Å². The molecule has 1 heterocycles. The Morgan fingerprint density at radius 1 is 0.929 bits per heavy atom. The van der Waals surface area contributed by atoms with E-state index in [1.165, 1.54) is 13.8 Å². The number of carboxylic acids is 2. The van der Waals surface area contributed by atoms with Crippen molar-refractivity contribution in [3.63, 3.8) is 0 Å². The molecule has 1 aromatic heterocycles. The summed E-state index contributed by atoms with van der Waals surface area (Å²) in [5.74, 6) is -3.36. The molecule has 0 unspecified atom stereocenters. The number of aromatic nitrogens is 2. The van der Waals surface area contributed by atoms with Crippen molar-refractivity contribution < 1.29 is 19.8 Å². The van der Waals surface area contributed by atoms with Gasteiger partial charge in [-0.15, -0.1) is 0 Å². The Balaban J connectivity index is 3.46. The number of aryl methyl sites for hydroxylation is 2. The van der Waals surface area contributed by atoms with Crippen molar-refractivity contribution in [2.24, 2.45) is 0 Å². The summed E-state index contributed by atoms with van der Waals surface area (Å²) in [4.78, 5) is 28.1. The van der Waals surface area contributed by atoms with Gasteiger partial charge in [-0.05, 0) is 13.8 Å². The molecule has 0 radical (unpaired) electrons. The third-order valence-corrected chi connectivity index (χ3v) is 1.69. The number of nitrogens with zero attached hydrogens (tertiary/aromatic N) is 2. The van der Waals surface area contributed by atoms with E-state index in [9.17, 15) is 19.8 Å². The van der Waals surface area contributed by atoms with Gasteiger partial charge in [0.05, 0.1) is 23.3 Å². The first-order valence-electron chi connectivity index (χ1n) is 3.71. The second-order valence-electron chi connectivity index (χ2n) is 2.67. The molecule has 0 amide bonds. The standard InChI is InChI=1S/C8H8N2O4/c1-3-4(2)10-6(8(13)14)5(9-3)7(11)12/h1-2H3,(H,11,12)(H,13,14)/p-2. The van der Waals surface area contributed by atoms with Gasteiger partial charge in [-0.3, -0.25) is 0 Å². The van der Waals surface area contributed by atoms with E-state index in [4.69, 9.17) is 0 Å². The van der Waals surface area contributed by atoms with Crippen LogP contribution in [0.3, 0.4) is 0 Å². The number of carboxylic acid groups (broad SMARTS) is 2. The largest absolute Gasteiger partial charge is 0.543 e. The van der Waals surface area contributed by atoms with E-state index in [1.807, 2.05) is 0 Å². The fraction of sp³-hybridized carbons (Fsp3) is 0.250. The van der Waals surface area contributed by atoms with Crippen molar-refractivity contribution in [2.75, 3.05) is 0 Å². The Hall–Kier alpha value is -1.98. The predicted octanol–water partition coefficient (Wildman–Crippen LogP) is -2.18. The maximum Gasteiger partial charge on any atom is 0.114 e. The first-order chi connectivity index (χ1) is 6.43. The number of aromatic carboxylic acids is 2. The second kappa shape index (κ2) is 3.41. The molecule has 0 aliphatic heterocycles. The van der Waals surface area contributed by atoms with Crippen molar-refractivity contribution >= 4 is 11.9 Å². The monoisotopic (exact) mass is 194 g/mol. The lowest BCUT2D eigenvalue weighted by Crippen LogP contribution is -2.32. The van der Waals surface area contributed by atoms with E-state index in [1.54, 1.807) is 0 Å². The first kappa shape index (κ1) is 10.1. The van der Waals surface area contributed by atoms with Crippen LogP contribution < -0.4 is 10.2 Å². The molecule has 74 valence electrons. The molecule has 0 saturated carbocycles. The molecule has 0 aliphatic rings. The van der Waals surface area contributed by atoms with Crippen molar-refractivity contribution in [3.05, 3.63) is 22.8 Å². The minimum Gasteiger partial charge on any atom is -0.543 e. The summed E-state index contributed by atoms with van der Waals surface area (Å²) < 4.78 is 0. The van der Waals surface area contributed by atoms with Gasteiger partial charge in [-0.2, -0.15) is 0 Å². The molecular formula is C8H6N2O4-2. The van der Waals surface area contributed by atoms with Gasteiger partial charge in [-0.1, -0.05) is 0 Å². The van der Waals surface area contributed by atoms with Gasteiger partial charge in [0.25, 0.3) is 0 Å². The smallest absolute Gasteiger partial charge is 0.114 e. The van der Waals surface area contributed by atoms with Crippen LogP contribution in [0.1, 0.15) is 32.4 Å². The van der Waals surface area contributed by atoms with Crippen molar-refractivity contribution in [3.8, 4) is 0 Å². The number of hydrogen-bond acceptors (Lipinski definition) is 6. The molecule has 14 heavy (non-hydrogen) atoms. The highest BCUT2D eigenvalue weighted by Gasteiger charge is 2.10. The highest BCUT2D eigenvalue weighted by atomic mass is 16.4. The molecule has 0 spiro atoms. The molecule has 6 heteroatoms. The van der Waals surface area contributed by atoms with E-state index in [0.29, 0.717) is 11.4 Å². The van der Waals surface area contributed by atoms with E-state index >= 15 is 0 Å².